The molecule has 0 aromatic rings. The molecule has 0 saturated heterocycles. The van der Waals surface area contributed by atoms with Crippen LogP contribution in [0, 0.1) is 0 Å². The molecule has 82 valence electrons. The third-order valence-electron chi connectivity index (χ3n) is 2.07. The van der Waals surface area contributed by atoms with Crippen LogP contribution in [0.25, 0.3) is 0 Å². The van der Waals surface area contributed by atoms with E-state index in [1.165, 1.54) is 14.0 Å². The van der Waals surface area contributed by atoms with Gasteiger partial charge in [-0.3, -0.25) is 5.32 Å². The van der Waals surface area contributed by atoms with Crippen molar-refractivity contribution >= 4 is 11.9 Å². The van der Waals surface area contributed by atoms with Crippen LogP contribution in [-0.4, -0.2) is 36.2 Å². The zero-order chi connectivity index (χ0) is 11.2. The summed E-state index contributed by atoms with van der Waals surface area (Å²) in [7, 11) is 1.41. The quantitative estimate of drug-likeness (QED) is 0.371. The summed E-state index contributed by atoms with van der Waals surface area (Å²) in [5.41, 5.74) is -1.65. The second kappa shape index (κ2) is 5.59. The smallest absolute Gasteiger partial charge is 0.337 e. The fraction of sp³-hybridized carbons (Fsp3) is 0.778. The van der Waals surface area contributed by atoms with Crippen molar-refractivity contribution in [1.29, 1.82) is 0 Å². The number of carboxylic acid groups (broad SMARTS) is 1. The molecule has 0 rings (SSSR count). The number of esters is 1. The van der Waals surface area contributed by atoms with Crippen molar-refractivity contribution in [3.8, 4) is 0 Å². The molecular formula is C9H17NO4. The van der Waals surface area contributed by atoms with Crippen LogP contribution in [0.4, 0.5) is 0 Å². The van der Waals surface area contributed by atoms with Gasteiger partial charge in [-0.1, -0.05) is 13.3 Å². The zero-order valence-electron chi connectivity index (χ0n) is 8.79. The lowest BCUT2D eigenvalue weighted by Gasteiger charge is -2.21. The molecule has 0 bridgehead atoms. The number of carboxylic acids is 1. The van der Waals surface area contributed by atoms with Gasteiger partial charge in [0.15, 0.2) is 0 Å². The van der Waals surface area contributed by atoms with Gasteiger partial charge in [-0.05, 0) is 20.4 Å². The summed E-state index contributed by atoms with van der Waals surface area (Å²) in [5.74, 6) is -1.98. The van der Waals surface area contributed by atoms with Crippen molar-refractivity contribution in [3.63, 3.8) is 0 Å². The van der Waals surface area contributed by atoms with Gasteiger partial charge in [-0.25, -0.2) is 9.59 Å². The first-order chi connectivity index (χ1) is 6.49. The Bertz CT molecular complexity index is 217. The highest BCUT2D eigenvalue weighted by Gasteiger charge is 2.41. The minimum atomic E-state index is -1.65. The summed E-state index contributed by atoms with van der Waals surface area (Å²) < 4.78 is 4.82. The molecule has 2 N–H and O–H groups in total. The van der Waals surface area contributed by atoms with Gasteiger partial charge in [0, 0.05) is 0 Å². The van der Waals surface area contributed by atoms with Crippen LogP contribution in [0.15, 0.2) is 0 Å². The van der Waals surface area contributed by atoms with Gasteiger partial charge in [-0.15, -0.1) is 0 Å². The maximum atomic E-state index is 11.3. The predicted octanol–water partition coefficient (Wildman–Crippen LogP) is 0.392. The summed E-state index contributed by atoms with van der Waals surface area (Å²) in [6, 6.07) is 0. The third-order valence-corrected chi connectivity index (χ3v) is 2.07. The van der Waals surface area contributed by atoms with Gasteiger partial charge in [0.1, 0.15) is 0 Å². The Kier molecular flexibility index (Phi) is 5.15. The molecule has 0 spiro atoms. The third kappa shape index (κ3) is 2.99. The Morgan fingerprint density at radius 1 is 1.50 bits per heavy atom. The van der Waals surface area contributed by atoms with E-state index in [2.05, 4.69) is 5.32 Å². The summed E-state index contributed by atoms with van der Waals surface area (Å²) >= 11 is 0. The molecule has 1 unspecified atom stereocenters. The molecule has 5 nitrogen and oxygen atoms in total. The summed E-state index contributed by atoms with van der Waals surface area (Å²) in [6.45, 7) is 3.51. The SMILES string of the molecule is CCCCOC(=O)C(C)(NC)C(=O)O. The fourth-order valence-corrected chi connectivity index (χ4v) is 0.750. The molecule has 0 aromatic heterocycles. The molecule has 0 aliphatic carbocycles. The molecule has 0 amide bonds. The lowest BCUT2D eigenvalue weighted by molar-refractivity contribution is -0.161. The van der Waals surface area contributed by atoms with Crippen LogP contribution in [0.2, 0.25) is 0 Å². The minimum Gasteiger partial charge on any atom is -0.479 e. The first-order valence-electron chi connectivity index (χ1n) is 4.58. The highest BCUT2D eigenvalue weighted by Crippen LogP contribution is 2.06. The van der Waals surface area contributed by atoms with Crippen molar-refractivity contribution in [2.75, 3.05) is 13.7 Å². The van der Waals surface area contributed by atoms with E-state index in [-0.39, 0.29) is 6.61 Å². The van der Waals surface area contributed by atoms with Gasteiger partial charge in [0.05, 0.1) is 6.61 Å². The summed E-state index contributed by atoms with van der Waals surface area (Å²) in [4.78, 5) is 22.1. The van der Waals surface area contributed by atoms with E-state index in [1.807, 2.05) is 6.92 Å². The number of aliphatic carboxylic acids is 1. The Balaban J connectivity index is 4.25. The van der Waals surface area contributed by atoms with Crippen molar-refractivity contribution in [2.45, 2.75) is 32.2 Å². The second-order valence-electron chi connectivity index (χ2n) is 3.17. The topological polar surface area (TPSA) is 75.6 Å². The van der Waals surface area contributed by atoms with Crippen LogP contribution in [-0.2, 0) is 14.3 Å². The largest absolute Gasteiger partial charge is 0.479 e. The summed E-state index contributed by atoms with van der Waals surface area (Å²) in [5, 5.41) is 11.2. The molecule has 14 heavy (non-hydrogen) atoms. The van der Waals surface area contributed by atoms with Gasteiger partial charge in [0.25, 0.3) is 0 Å². The van der Waals surface area contributed by atoms with Gasteiger partial charge >= 0.3 is 11.9 Å². The number of hydrogen-bond acceptors (Lipinski definition) is 4. The van der Waals surface area contributed by atoms with Gasteiger partial charge < -0.3 is 9.84 Å². The number of unbranched alkanes of at least 4 members (excludes halogenated alkanes) is 1. The molecule has 1 atom stereocenters. The van der Waals surface area contributed by atoms with E-state index in [4.69, 9.17) is 9.84 Å². The predicted molar refractivity (Wildman–Crippen MR) is 51.0 cm³/mol. The molecule has 0 aromatic carbocycles. The Hall–Kier alpha value is -1.10. The van der Waals surface area contributed by atoms with Crippen LogP contribution in [0.5, 0.6) is 0 Å². The first-order valence-corrected chi connectivity index (χ1v) is 4.58. The van der Waals surface area contributed by atoms with E-state index >= 15 is 0 Å². The van der Waals surface area contributed by atoms with Crippen molar-refractivity contribution in [1.82, 2.24) is 5.32 Å². The molecular weight excluding hydrogens is 186 g/mol. The number of likely N-dealkylation sites (N-methyl/N-ethyl adjacent to an activating group) is 1. The Morgan fingerprint density at radius 3 is 2.43 bits per heavy atom. The molecule has 0 radical (unpaired) electrons. The standard InChI is InChI=1S/C9H17NO4/c1-4-5-6-14-8(13)9(2,10-3)7(11)12/h10H,4-6H2,1-3H3,(H,11,12). The van der Waals surface area contributed by atoms with Crippen LogP contribution in [0.3, 0.4) is 0 Å². The molecule has 5 heteroatoms. The van der Waals surface area contributed by atoms with Gasteiger partial charge in [0.2, 0.25) is 5.54 Å². The molecule has 0 fully saturated rings. The van der Waals surface area contributed by atoms with Gasteiger partial charge in [-0.2, -0.15) is 0 Å². The molecule has 0 saturated carbocycles. The van der Waals surface area contributed by atoms with E-state index in [1.54, 1.807) is 0 Å². The second-order valence-corrected chi connectivity index (χ2v) is 3.17. The van der Waals surface area contributed by atoms with Crippen LogP contribution < -0.4 is 5.32 Å². The van der Waals surface area contributed by atoms with E-state index in [0.29, 0.717) is 0 Å². The number of carbonyl (C=O) groups is 2. The highest BCUT2D eigenvalue weighted by molar-refractivity contribution is 6.03. The maximum absolute atomic E-state index is 11.3. The monoisotopic (exact) mass is 203 g/mol. The molecule has 0 heterocycles. The molecule has 0 aliphatic rings. The Labute approximate surface area is 83.4 Å². The average Bonchev–Trinajstić information content (AvgIpc) is 2.16. The normalized spacial score (nSPS) is 14.5. The Morgan fingerprint density at radius 2 is 2.07 bits per heavy atom. The van der Waals surface area contributed by atoms with E-state index in [0.717, 1.165) is 12.8 Å². The molecule has 0 aliphatic heterocycles. The van der Waals surface area contributed by atoms with E-state index < -0.39 is 17.5 Å². The summed E-state index contributed by atoms with van der Waals surface area (Å²) in [6.07, 6.45) is 1.64. The van der Waals surface area contributed by atoms with E-state index in [9.17, 15) is 9.59 Å². The number of carbonyl (C=O) groups excluding carboxylic acids is 1. The number of hydrogen-bond donors (Lipinski definition) is 2. The minimum absolute atomic E-state index is 0.264. The number of rotatable bonds is 6. The van der Waals surface area contributed by atoms with Crippen molar-refractivity contribution in [2.24, 2.45) is 0 Å². The fourth-order valence-electron chi connectivity index (χ4n) is 0.750. The van der Waals surface area contributed by atoms with Crippen molar-refractivity contribution in [3.05, 3.63) is 0 Å². The average molecular weight is 203 g/mol. The lowest BCUT2D eigenvalue weighted by Crippen LogP contribution is -2.55. The first kappa shape index (κ1) is 12.9. The number of ether oxygens (including phenoxy) is 1. The highest BCUT2D eigenvalue weighted by atomic mass is 16.5. The van der Waals surface area contributed by atoms with Crippen LogP contribution in [0.1, 0.15) is 26.7 Å². The van der Waals surface area contributed by atoms with Crippen molar-refractivity contribution < 1.29 is 19.4 Å². The number of nitrogens with one attached hydrogen (secondary N) is 1. The maximum Gasteiger partial charge on any atom is 0.337 e. The lowest BCUT2D eigenvalue weighted by atomic mass is 10.0. The zero-order valence-corrected chi connectivity index (χ0v) is 8.79. The van der Waals surface area contributed by atoms with Crippen LogP contribution >= 0.6 is 0 Å².